The van der Waals surface area contributed by atoms with Crippen LogP contribution in [-0.2, 0) is 19.2 Å². The molecule has 7 aliphatic carbocycles. The second kappa shape index (κ2) is 8.21. The molecule has 0 amide bonds. The quantitative estimate of drug-likeness (QED) is 0.161. The molecule has 4 unspecified atom stereocenters. The summed E-state index contributed by atoms with van der Waals surface area (Å²) in [4.78, 5) is 53.9. The van der Waals surface area contributed by atoms with Gasteiger partial charge in [-0.15, -0.1) is 0 Å². The van der Waals surface area contributed by atoms with E-state index < -0.39 is 23.7 Å². The Labute approximate surface area is 262 Å². The normalized spacial score (nSPS) is 23.1. The number of hydrogen-bond acceptors (Lipinski definition) is 4. The molecule has 4 bridgehead atoms. The molecule has 0 N–H and O–H groups in total. The Balaban J connectivity index is 1.13. The van der Waals surface area contributed by atoms with Gasteiger partial charge in [-0.25, -0.2) is 0 Å². The number of carbonyl (C=O) groups excluding carboxylic acids is 4. The molecule has 6 aromatic carbocycles. The highest BCUT2D eigenvalue weighted by Gasteiger charge is 2.50. The van der Waals surface area contributed by atoms with Crippen molar-refractivity contribution in [3.05, 3.63) is 140 Å². The van der Waals surface area contributed by atoms with Crippen LogP contribution in [0.15, 0.2) is 84.9 Å². The van der Waals surface area contributed by atoms with E-state index in [-0.39, 0.29) is 23.1 Å². The molecule has 46 heavy (non-hydrogen) atoms. The predicted octanol–water partition coefficient (Wildman–Crippen LogP) is 5.96. The van der Waals surface area contributed by atoms with Crippen molar-refractivity contribution in [2.24, 2.45) is 0 Å². The summed E-state index contributed by atoms with van der Waals surface area (Å²) in [5, 5.41) is 8.38. The molecule has 0 heterocycles. The molecule has 0 aliphatic heterocycles. The lowest BCUT2D eigenvalue weighted by Crippen LogP contribution is -2.43. The van der Waals surface area contributed by atoms with Gasteiger partial charge in [0, 0.05) is 0 Å². The lowest BCUT2D eigenvalue weighted by atomic mass is 9.61. The number of rotatable bonds is 0. The average Bonchev–Trinajstić information content (AvgIpc) is 3.06. The van der Waals surface area contributed by atoms with Crippen molar-refractivity contribution in [3.8, 4) is 0 Å². The standard InChI is InChI=1S/C42H24O4/c43-39-35-27-11-19-5-1-2-6-20(19)12-28(27)36(40(39)44)32-16-24-10-26-18-34-33(17-25(26)9-23(24)15-31(32)35)37-29-13-21-7-3-4-8-22(21)14-30(29)38(34)42(46)41(37)45/h1-2,5-18,35-38H,3-4H2. The van der Waals surface area contributed by atoms with Crippen LogP contribution in [0, 0.1) is 0 Å². The summed E-state index contributed by atoms with van der Waals surface area (Å²) in [6.45, 7) is 0. The summed E-state index contributed by atoms with van der Waals surface area (Å²) >= 11 is 0. The van der Waals surface area contributed by atoms with Gasteiger partial charge in [-0.3, -0.25) is 19.2 Å². The van der Waals surface area contributed by atoms with E-state index in [2.05, 4.69) is 72.8 Å². The van der Waals surface area contributed by atoms with Crippen molar-refractivity contribution in [2.75, 3.05) is 0 Å². The zero-order valence-electron chi connectivity index (χ0n) is 24.6. The first-order valence-corrected chi connectivity index (χ1v) is 16.0. The van der Waals surface area contributed by atoms with Crippen LogP contribution in [0.1, 0.15) is 81.0 Å². The maximum Gasteiger partial charge on any atom is 0.211 e. The van der Waals surface area contributed by atoms with Gasteiger partial charge in [0.2, 0.25) is 23.1 Å². The minimum absolute atomic E-state index is 0.315. The van der Waals surface area contributed by atoms with Gasteiger partial charge < -0.3 is 0 Å². The first-order valence-electron chi connectivity index (χ1n) is 16.0. The lowest BCUT2D eigenvalue weighted by molar-refractivity contribution is -0.138. The zero-order valence-corrected chi connectivity index (χ0v) is 24.6. The van der Waals surface area contributed by atoms with Crippen LogP contribution in [0.3, 0.4) is 0 Å². The number of benzene rings is 6. The molecule has 0 saturated carbocycles. The van der Waals surface area contributed by atoms with E-state index in [1.54, 1.807) is 0 Å². The van der Waals surface area contributed by atoms with Gasteiger partial charge in [0.1, 0.15) is 0 Å². The minimum atomic E-state index is -0.605. The number of ketones is 4. The van der Waals surface area contributed by atoms with Crippen LogP contribution in [0.25, 0.3) is 44.5 Å². The number of Topliss-reactive ketones (excluding diaryl/α,β-unsaturated/α-hetero) is 4. The highest BCUT2D eigenvalue weighted by molar-refractivity contribution is 6.46. The topological polar surface area (TPSA) is 68.3 Å². The van der Waals surface area contributed by atoms with Gasteiger partial charge in [0.15, 0.2) is 0 Å². The molecule has 0 radical (unpaired) electrons. The Morgan fingerprint density at radius 3 is 0.957 bits per heavy atom. The highest BCUT2D eigenvalue weighted by Crippen LogP contribution is 2.53. The predicted molar refractivity (Wildman–Crippen MR) is 177 cm³/mol. The molecule has 0 spiro atoms. The van der Waals surface area contributed by atoms with Crippen LogP contribution >= 0.6 is 0 Å². The monoisotopic (exact) mass is 592 g/mol. The Kier molecular flexibility index (Phi) is 4.42. The van der Waals surface area contributed by atoms with Crippen LogP contribution < -0.4 is 10.4 Å². The fourth-order valence-electron chi connectivity index (χ4n) is 9.32. The van der Waals surface area contributed by atoms with E-state index >= 15 is 0 Å². The third-order valence-corrected chi connectivity index (χ3v) is 11.4. The molecular formula is C42H24O4. The zero-order chi connectivity index (χ0) is 30.6. The second-order valence-corrected chi connectivity index (χ2v) is 13.6. The molecular weight excluding hydrogens is 568 g/mol. The summed E-state index contributed by atoms with van der Waals surface area (Å²) in [5.74, 6) is -3.67. The maximum absolute atomic E-state index is 13.5. The largest absolute Gasteiger partial charge is 0.290 e. The van der Waals surface area contributed by atoms with Crippen molar-refractivity contribution in [1.29, 1.82) is 0 Å². The number of fused-ring (bicyclic) bond motifs is 6. The number of carbonyl (C=O) groups is 4. The Morgan fingerprint density at radius 2 is 0.630 bits per heavy atom. The van der Waals surface area contributed by atoms with Crippen molar-refractivity contribution in [2.45, 2.75) is 36.5 Å². The van der Waals surface area contributed by atoms with Gasteiger partial charge in [-0.2, -0.15) is 0 Å². The molecule has 216 valence electrons. The minimum Gasteiger partial charge on any atom is -0.290 e. The highest BCUT2D eigenvalue weighted by atomic mass is 16.2. The van der Waals surface area contributed by atoms with E-state index in [1.807, 2.05) is 24.3 Å². The molecule has 4 heteroatoms. The van der Waals surface area contributed by atoms with E-state index in [0.29, 0.717) is 0 Å². The lowest BCUT2D eigenvalue weighted by Gasteiger charge is -2.39. The van der Waals surface area contributed by atoms with E-state index in [9.17, 15) is 19.2 Å². The molecule has 0 fully saturated rings. The van der Waals surface area contributed by atoms with Crippen LogP contribution in [-0.4, -0.2) is 23.1 Å². The fraction of sp³-hybridized carbons (Fsp3) is 0.143. The summed E-state index contributed by atoms with van der Waals surface area (Å²) in [6, 6.07) is 29.2. The smallest absolute Gasteiger partial charge is 0.211 e. The van der Waals surface area contributed by atoms with Crippen molar-refractivity contribution in [3.63, 3.8) is 0 Å². The van der Waals surface area contributed by atoms with E-state index in [0.717, 1.165) is 100 Å². The SMILES string of the molecule is O=C1C(=O)C2c3cc4c(cc3C1c1cc3cc5cc6c(cc5cc3cc12)C1C(=O)C(=O)C6c2cc3ccccc3cc21)=CCCC=4. The summed E-state index contributed by atoms with van der Waals surface area (Å²) in [6.07, 6.45) is 6.41. The summed E-state index contributed by atoms with van der Waals surface area (Å²) in [7, 11) is 0. The Bertz CT molecular complexity index is 2510. The third kappa shape index (κ3) is 2.91. The molecule has 0 aromatic heterocycles. The molecule has 4 nitrogen and oxygen atoms in total. The van der Waals surface area contributed by atoms with Crippen LogP contribution in [0.5, 0.6) is 0 Å². The molecule has 4 atom stereocenters. The Morgan fingerprint density at radius 1 is 0.348 bits per heavy atom. The summed E-state index contributed by atoms with van der Waals surface area (Å²) < 4.78 is 0. The van der Waals surface area contributed by atoms with Gasteiger partial charge >= 0.3 is 0 Å². The molecule has 13 rings (SSSR count). The third-order valence-electron chi connectivity index (χ3n) is 11.4. The second-order valence-electron chi connectivity index (χ2n) is 13.6. The molecule has 6 aromatic rings. The first kappa shape index (κ1) is 24.8. The van der Waals surface area contributed by atoms with Crippen LogP contribution in [0.2, 0.25) is 0 Å². The van der Waals surface area contributed by atoms with Gasteiger partial charge in [-0.05, 0) is 149 Å². The number of hydrogen-bond donors (Lipinski definition) is 0. The van der Waals surface area contributed by atoms with Crippen molar-refractivity contribution < 1.29 is 19.2 Å². The van der Waals surface area contributed by atoms with Gasteiger partial charge in [0.25, 0.3) is 0 Å². The first-order chi connectivity index (χ1) is 22.4. The van der Waals surface area contributed by atoms with Gasteiger partial charge in [-0.1, -0.05) is 48.6 Å². The van der Waals surface area contributed by atoms with E-state index in [4.69, 9.17) is 0 Å². The Hall–Kier alpha value is -5.48. The van der Waals surface area contributed by atoms with Gasteiger partial charge in [0.05, 0.1) is 23.7 Å². The summed E-state index contributed by atoms with van der Waals surface area (Å²) in [5.41, 5.74) is 7.47. The fourth-order valence-corrected chi connectivity index (χ4v) is 9.32. The average molecular weight is 593 g/mol. The van der Waals surface area contributed by atoms with Crippen molar-refractivity contribution >= 4 is 67.6 Å². The maximum atomic E-state index is 13.5. The molecule has 7 aliphatic rings. The van der Waals surface area contributed by atoms with Crippen LogP contribution in [0.4, 0.5) is 0 Å². The van der Waals surface area contributed by atoms with Crippen molar-refractivity contribution in [1.82, 2.24) is 0 Å². The molecule has 0 saturated heterocycles. The van der Waals surface area contributed by atoms with E-state index in [1.165, 1.54) is 0 Å².